The fraction of sp³-hybridized carbons (Fsp3) is 0.429. The predicted octanol–water partition coefficient (Wildman–Crippen LogP) is 1.88. The number of aryl methyl sites for hydroxylation is 1. The Kier molecular flexibility index (Phi) is 3.45. The van der Waals surface area contributed by atoms with E-state index in [1.807, 2.05) is 26.2 Å². The number of rotatable bonds is 3. The monoisotopic (exact) mass is 270 g/mol. The van der Waals surface area contributed by atoms with E-state index in [-0.39, 0.29) is 0 Å². The summed E-state index contributed by atoms with van der Waals surface area (Å²) in [5.74, 6) is 2.01. The van der Waals surface area contributed by atoms with Crippen molar-refractivity contribution in [2.45, 2.75) is 19.8 Å². The lowest BCUT2D eigenvalue weighted by Crippen LogP contribution is -2.21. The van der Waals surface area contributed by atoms with Crippen LogP contribution in [0, 0.1) is 6.92 Å². The smallest absolute Gasteiger partial charge is 0.230 e. The van der Waals surface area contributed by atoms with Crippen LogP contribution in [0.25, 0.3) is 11.4 Å². The number of nitrogens with zero attached hydrogens (tertiary/aromatic N) is 5. The van der Waals surface area contributed by atoms with Crippen molar-refractivity contribution in [1.29, 1.82) is 0 Å². The number of hydrogen-bond acceptors (Lipinski definition) is 6. The van der Waals surface area contributed by atoms with Gasteiger partial charge in [-0.05, 0) is 31.4 Å². The van der Waals surface area contributed by atoms with Crippen LogP contribution in [0.1, 0.15) is 18.4 Å². The van der Waals surface area contributed by atoms with Crippen LogP contribution in [-0.2, 0) is 0 Å². The molecule has 0 aliphatic carbocycles. The lowest BCUT2D eigenvalue weighted by molar-refractivity contribution is 0.884. The van der Waals surface area contributed by atoms with Crippen molar-refractivity contribution in [2.75, 3.05) is 30.4 Å². The average Bonchev–Trinajstić information content (AvgIpc) is 3.01. The van der Waals surface area contributed by atoms with Crippen LogP contribution in [0.15, 0.2) is 18.5 Å². The number of nitrogens with one attached hydrogen (secondary N) is 1. The first kappa shape index (κ1) is 12.8. The summed E-state index contributed by atoms with van der Waals surface area (Å²) >= 11 is 0. The minimum atomic E-state index is 0.596. The molecule has 1 saturated heterocycles. The molecule has 1 N–H and O–H groups in total. The summed E-state index contributed by atoms with van der Waals surface area (Å²) in [6.45, 7) is 4.04. The van der Waals surface area contributed by atoms with Crippen LogP contribution in [0.5, 0.6) is 0 Å². The molecule has 0 amide bonds. The third-order valence-corrected chi connectivity index (χ3v) is 3.37. The van der Waals surface area contributed by atoms with E-state index in [1.54, 1.807) is 6.20 Å². The third kappa shape index (κ3) is 2.54. The molecule has 0 saturated carbocycles. The summed E-state index contributed by atoms with van der Waals surface area (Å²) in [5.41, 5.74) is 2.01. The summed E-state index contributed by atoms with van der Waals surface area (Å²) in [5, 5.41) is 3.01. The third-order valence-electron chi connectivity index (χ3n) is 3.37. The number of hydrogen-bond donors (Lipinski definition) is 1. The average molecular weight is 270 g/mol. The van der Waals surface area contributed by atoms with Crippen LogP contribution >= 0.6 is 0 Å². The van der Waals surface area contributed by atoms with Gasteiger partial charge in [0.25, 0.3) is 0 Å². The van der Waals surface area contributed by atoms with Gasteiger partial charge in [0, 0.05) is 38.1 Å². The maximum atomic E-state index is 4.60. The molecule has 3 heterocycles. The van der Waals surface area contributed by atoms with Crippen molar-refractivity contribution in [1.82, 2.24) is 19.9 Å². The number of anilines is 2. The van der Waals surface area contributed by atoms with Crippen LogP contribution in [0.2, 0.25) is 0 Å². The van der Waals surface area contributed by atoms with E-state index in [0.29, 0.717) is 11.8 Å². The quantitative estimate of drug-likeness (QED) is 0.918. The first-order valence-corrected chi connectivity index (χ1v) is 6.87. The first-order valence-electron chi connectivity index (χ1n) is 6.87. The van der Waals surface area contributed by atoms with E-state index in [2.05, 4.69) is 30.2 Å². The van der Waals surface area contributed by atoms with Crippen molar-refractivity contribution in [3.05, 3.63) is 24.0 Å². The second-order valence-electron chi connectivity index (χ2n) is 4.98. The van der Waals surface area contributed by atoms with Crippen LogP contribution < -0.4 is 10.2 Å². The van der Waals surface area contributed by atoms with Gasteiger partial charge in [-0.2, -0.15) is 15.0 Å². The second-order valence-corrected chi connectivity index (χ2v) is 4.98. The molecule has 1 fully saturated rings. The van der Waals surface area contributed by atoms with Gasteiger partial charge in [-0.3, -0.25) is 4.98 Å². The highest BCUT2D eigenvalue weighted by molar-refractivity contribution is 5.58. The minimum absolute atomic E-state index is 0.596. The predicted molar refractivity (Wildman–Crippen MR) is 78.8 cm³/mol. The molecule has 0 aromatic carbocycles. The van der Waals surface area contributed by atoms with E-state index in [0.717, 1.165) is 30.2 Å². The summed E-state index contributed by atoms with van der Waals surface area (Å²) in [7, 11) is 1.82. The van der Waals surface area contributed by atoms with E-state index >= 15 is 0 Å². The minimum Gasteiger partial charge on any atom is -0.357 e. The maximum Gasteiger partial charge on any atom is 0.230 e. The van der Waals surface area contributed by atoms with Crippen molar-refractivity contribution >= 4 is 11.9 Å². The largest absolute Gasteiger partial charge is 0.357 e. The zero-order valence-corrected chi connectivity index (χ0v) is 11.8. The van der Waals surface area contributed by atoms with E-state index < -0.39 is 0 Å². The Morgan fingerprint density at radius 2 is 1.90 bits per heavy atom. The van der Waals surface area contributed by atoms with E-state index in [1.165, 1.54) is 12.8 Å². The molecule has 1 aliphatic heterocycles. The van der Waals surface area contributed by atoms with E-state index in [4.69, 9.17) is 0 Å². The number of aromatic nitrogens is 4. The standard InChI is InChI=1S/C14H18N6/c1-10-7-11(9-16-8-10)12-17-13(15-2)19-14(18-12)20-5-3-4-6-20/h7-9H,3-6H2,1-2H3,(H,15,17,18,19). The molecule has 1 aliphatic rings. The molecule has 2 aromatic rings. The zero-order valence-electron chi connectivity index (χ0n) is 11.8. The highest BCUT2D eigenvalue weighted by Gasteiger charge is 2.17. The van der Waals surface area contributed by atoms with Gasteiger partial charge in [0.1, 0.15) is 0 Å². The maximum absolute atomic E-state index is 4.60. The number of pyridine rings is 1. The molecule has 0 radical (unpaired) electrons. The molecular weight excluding hydrogens is 252 g/mol. The Bertz CT molecular complexity index is 606. The summed E-state index contributed by atoms with van der Waals surface area (Å²) < 4.78 is 0. The molecular formula is C14H18N6. The van der Waals surface area contributed by atoms with Crippen molar-refractivity contribution in [3.63, 3.8) is 0 Å². The molecule has 6 nitrogen and oxygen atoms in total. The molecule has 2 aromatic heterocycles. The molecule has 0 unspecified atom stereocenters. The first-order chi connectivity index (χ1) is 9.76. The Balaban J connectivity index is 2.03. The Hall–Kier alpha value is -2.24. The molecule has 0 bridgehead atoms. The van der Waals surface area contributed by atoms with E-state index in [9.17, 15) is 0 Å². The lowest BCUT2D eigenvalue weighted by atomic mass is 10.2. The summed E-state index contributed by atoms with van der Waals surface area (Å²) in [6.07, 6.45) is 6.00. The van der Waals surface area contributed by atoms with Gasteiger partial charge in [0.05, 0.1) is 0 Å². The highest BCUT2D eigenvalue weighted by atomic mass is 15.3. The molecule has 6 heteroatoms. The Morgan fingerprint density at radius 1 is 1.10 bits per heavy atom. The lowest BCUT2D eigenvalue weighted by Gasteiger charge is -2.16. The van der Waals surface area contributed by atoms with Crippen molar-refractivity contribution < 1.29 is 0 Å². The van der Waals surface area contributed by atoms with Crippen LogP contribution in [-0.4, -0.2) is 40.1 Å². The van der Waals surface area contributed by atoms with Gasteiger partial charge in [0.15, 0.2) is 5.82 Å². The summed E-state index contributed by atoms with van der Waals surface area (Å²) in [4.78, 5) is 19.9. The molecule has 0 spiro atoms. The van der Waals surface area contributed by atoms with Crippen LogP contribution in [0.4, 0.5) is 11.9 Å². The van der Waals surface area contributed by atoms with Gasteiger partial charge in [-0.25, -0.2) is 0 Å². The fourth-order valence-corrected chi connectivity index (χ4v) is 2.34. The van der Waals surface area contributed by atoms with Crippen molar-refractivity contribution in [3.8, 4) is 11.4 Å². The molecule has 0 atom stereocenters. The van der Waals surface area contributed by atoms with Gasteiger partial charge < -0.3 is 10.2 Å². The topological polar surface area (TPSA) is 66.8 Å². The molecule has 104 valence electrons. The molecule has 3 rings (SSSR count). The van der Waals surface area contributed by atoms with Crippen LogP contribution in [0.3, 0.4) is 0 Å². The fourth-order valence-electron chi connectivity index (χ4n) is 2.34. The van der Waals surface area contributed by atoms with Crippen molar-refractivity contribution in [2.24, 2.45) is 0 Å². The second kappa shape index (κ2) is 5.40. The zero-order chi connectivity index (χ0) is 13.9. The van der Waals surface area contributed by atoms with Gasteiger partial charge >= 0.3 is 0 Å². The Labute approximate surface area is 118 Å². The normalized spacial score (nSPS) is 14.6. The summed E-state index contributed by atoms with van der Waals surface area (Å²) in [6, 6.07) is 2.04. The Morgan fingerprint density at radius 3 is 2.60 bits per heavy atom. The SMILES string of the molecule is CNc1nc(-c2cncc(C)c2)nc(N2CCCC2)n1. The molecule has 20 heavy (non-hydrogen) atoms. The van der Waals surface area contributed by atoms with Gasteiger partial charge in [-0.1, -0.05) is 0 Å². The van der Waals surface area contributed by atoms with Gasteiger partial charge in [0.2, 0.25) is 11.9 Å². The highest BCUT2D eigenvalue weighted by Crippen LogP contribution is 2.22. The van der Waals surface area contributed by atoms with Gasteiger partial charge in [-0.15, -0.1) is 0 Å².